The van der Waals surface area contributed by atoms with Crippen LogP contribution in [0, 0.1) is 0 Å². The third kappa shape index (κ3) is 3.94. The quantitative estimate of drug-likeness (QED) is 0.712. The number of rotatable bonds is 5. The molecule has 0 fully saturated rings. The number of benzene rings is 1. The Kier molecular flexibility index (Phi) is 4.68. The smallest absolute Gasteiger partial charge is 0.246 e. The standard InChI is InChI=1S/C15H14ClN5OS/c1-20(8-11-2-4-13(16)5-3-11)14(22)9-21-18-15(17-19-21)12-6-7-23-10-12/h2-7,10H,8-9H2,1H3. The minimum absolute atomic E-state index is 0.0568. The third-order valence-corrected chi connectivity index (χ3v) is 4.20. The normalized spacial score (nSPS) is 10.7. The first-order valence-corrected chi connectivity index (χ1v) is 8.22. The summed E-state index contributed by atoms with van der Waals surface area (Å²) in [6.45, 7) is 0.559. The van der Waals surface area contributed by atoms with Gasteiger partial charge in [-0.2, -0.15) is 16.1 Å². The van der Waals surface area contributed by atoms with Gasteiger partial charge in [-0.25, -0.2) is 0 Å². The molecule has 0 unspecified atom stereocenters. The summed E-state index contributed by atoms with van der Waals surface area (Å²) < 4.78 is 0. The van der Waals surface area contributed by atoms with E-state index in [2.05, 4.69) is 15.4 Å². The van der Waals surface area contributed by atoms with E-state index in [1.807, 2.05) is 29.0 Å². The van der Waals surface area contributed by atoms with Crippen molar-refractivity contribution in [2.75, 3.05) is 7.05 Å². The second-order valence-electron chi connectivity index (χ2n) is 5.03. The van der Waals surface area contributed by atoms with Crippen molar-refractivity contribution in [3.63, 3.8) is 0 Å². The Morgan fingerprint density at radius 1 is 1.30 bits per heavy atom. The minimum Gasteiger partial charge on any atom is -0.340 e. The van der Waals surface area contributed by atoms with Gasteiger partial charge in [0.05, 0.1) is 0 Å². The molecule has 0 saturated heterocycles. The van der Waals surface area contributed by atoms with E-state index < -0.39 is 0 Å². The van der Waals surface area contributed by atoms with Gasteiger partial charge in [-0.3, -0.25) is 4.79 Å². The summed E-state index contributed by atoms with van der Waals surface area (Å²) in [5.74, 6) is 0.439. The summed E-state index contributed by atoms with van der Waals surface area (Å²) in [5, 5.41) is 16.7. The van der Waals surface area contributed by atoms with Gasteiger partial charge in [0, 0.05) is 29.6 Å². The molecule has 0 aliphatic rings. The van der Waals surface area contributed by atoms with Crippen molar-refractivity contribution in [3.8, 4) is 11.4 Å². The van der Waals surface area contributed by atoms with Crippen LogP contribution in [0.5, 0.6) is 0 Å². The monoisotopic (exact) mass is 347 g/mol. The average Bonchev–Trinajstić information content (AvgIpc) is 3.20. The number of amides is 1. The number of nitrogens with zero attached hydrogens (tertiary/aromatic N) is 5. The lowest BCUT2D eigenvalue weighted by Gasteiger charge is -2.16. The molecule has 23 heavy (non-hydrogen) atoms. The molecule has 118 valence electrons. The van der Waals surface area contributed by atoms with Crippen LogP contribution in [0.2, 0.25) is 5.02 Å². The second-order valence-corrected chi connectivity index (χ2v) is 6.25. The number of halogens is 1. The molecule has 0 N–H and O–H groups in total. The highest BCUT2D eigenvalue weighted by atomic mass is 35.5. The fraction of sp³-hybridized carbons (Fsp3) is 0.200. The van der Waals surface area contributed by atoms with E-state index >= 15 is 0 Å². The molecule has 0 radical (unpaired) electrons. The van der Waals surface area contributed by atoms with Crippen LogP contribution < -0.4 is 0 Å². The lowest BCUT2D eigenvalue weighted by Crippen LogP contribution is -2.30. The van der Waals surface area contributed by atoms with Crippen molar-refractivity contribution >= 4 is 28.8 Å². The maximum atomic E-state index is 12.3. The van der Waals surface area contributed by atoms with Gasteiger partial charge in [0.25, 0.3) is 0 Å². The molecule has 0 aliphatic heterocycles. The van der Waals surface area contributed by atoms with Crippen LogP contribution in [0.1, 0.15) is 5.56 Å². The molecule has 0 atom stereocenters. The average molecular weight is 348 g/mol. The highest BCUT2D eigenvalue weighted by Gasteiger charge is 2.13. The number of aromatic nitrogens is 4. The number of carbonyl (C=O) groups is 1. The van der Waals surface area contributed by atoms with Gasteiger partial charge in [-0.05, 0) is 34.4 Å². The van der Waals surface area contributed by atoms with Crippen molar-refractivity contribution in [2.24, 2.45) is 0 Å². The molecular weight excluding hydrogens is 334 g/mol. The topological polar surface area (TPSA) is 63.9 Å². The van der Waals surface area contributed by atoms with Crippen molar-refractivity contribution in [3.05, 3.63) is 51.7 Å². The molecule has 0 aliphatic carbocycles. The summed E-state index contributed by atoms with van der Waals surface area (Å²) in [6, 6.07) is 9.33. The van der Waals surface area contributed by atoms with Crippen LogP contribution in [0.4, 0.5) is 0 Å². The Bertz CT molecular complexity index is 785. The zero-order valence-corrected chi connectivity index (χ0v) is 14.0. The predicted octanol–water partition coefficient (Wildman–Crippen LogP) is 2.71. The number of tetrazole rings is 1. The highest BCUT2D eigenvalue weighted by molar-refractivity contribution is 7.08. The molecular formula is C15H14ClN5OS. The molecule has 0 saturated carbocycles. The second kappa shape index (κ2) is 6.89. The van der Waals surface area contributed by atoms with E-state index in [-0.39, 0.29) is 12.5 Å². The molecule has 1 amide bonds. The Hall–Kier alpha value is -2.25. The Balaban J connectivity index is 1.61. The van der Waals surface area contributed by atoms with Gasteiger partial charge in [0.15, 0.2) is 0 Å². The van der Waals surface area contributed by atoms with Gasteiger partial charge in [0.1, 0.15) is 6.54 Å². The van der Waals surface area contributed by atoms with Crippen LogP contribution in [0.25, 0.3) is 11.4 Å². The van der Waals surface area contributed by atoms with E-state index in [4.69, 9.17) is 11.6 Å². The number of thiophene rings is 1. The zero-order chi connectivity index (χ0) is 16.2. The summed E-state index contributed by atoms with van der Waals surface area (Å²) in [6.07, 6.45) is 0. The fourth-order valence-corrected chi connectivity index (χ4v) is 2.77. The van der Waals surface area contributed by atoms with Crippen LogP contribution in [0.15, 0.2) is 41.1 Å². The number of hydrogen-bond acceptors (Lipinski definition) is 5. The van der Waals surface area contributed by atoms with E-state index in [0.717, 1.165) is 11.1 Å². The molecule has 8 heteroatoms. The molecule has 0 spiro atoms. The minimum atomic E-state index is -0.0887. The van der Waals surface area contributed by atoms with Gasteiger partial charge >= 0.3 is 0 Å². The molecule has 3 aromatic rings. The SMILES string of the molecule is CN(Cc1ccc(Cl)cc1)C(=O)Cn1nnc(-c2ccsc2)n1. The largest absolute Gasteiger partial charge is 0.340 e. The molecule has 2 heterocycles. The molecule has 3 rings (SSSR count). The molecule has 6 nitrogen and oxygen atoms in total. The Morgan fingerprint density at radius 3 is 2.78 bits per heavy atom. The van der Waals surface area contributed by atoms with Gasteiger partial charge in [0.2, 0.25) is 11.7 Å². The van der Waals surface area contributed by atoms with Gasteiger partial charge in [-0.15, -0.1) is 10.2 Å². The number of likely N-dealkylation sites (N-methyl/N-ethyl adjacent to an activating group) is 1. The lowest BCUT2D eigenvalue weighted by molar-refractivity contribution is -0.131. The van der Waals surface area contributed by atoms with E-state index in [0.29, 0.717) is 17.4 Å². The van der Waals surface area contributed by atoms with E-state index in [1.54, 1.807) is 35.4 Å². The van der Waals surface area contributed by atoms with Crippen molar-refractivity contribution in [1.82, 2.24) is 25.1 Å². The van der Waals surface area contributed by atoms with E-state index in [9.17, 15) is 4.79 Å². The first-order valence-electron chi connectivity index (χ1n) is 6.90. The first-order chi connectivity index (χ1) is 11.1. The number of carbonyl (C=O) groups excluding carboxylic acids is 1. The zero-order valence-electron chi connectivity index (χ0n) is 12.4. The van der Waals surface area contributed by atoms with Crippen molar-refractivity contribution in [1.29, 1.82) is 0 Å². The van der Waals surface area contributed by atoms with E-state index in [1.165, 1.54) is 4.80 Å². The summed E-state index contributed by atoms with van der Waals surface area (Å²) in [5.41, 5.74) is 1.92. The summed E-state index contributed by atoms with van der Waals surface area (Å²) >= 11 is 7.42. The maximum absolute atomic E-state index is 12.3. The van der Waals surface area contributed by atoms with Crippen LogP contribution in [-0.2, 0) is 17.9 Å². The van der Waals surface area contributed by atoms with Crippen LogP contribution in [0.3, 0.4) is 0 Å². The van der Waals surface area contributed by atoms with Crippen LogP contribution >= 0.6 is 22.9 Å². The predicted molar refractivity (Wildman–Crippen MR) is 89.1 cm³/mol. The van der Waals surface area contributed by atoms with Crippen molar-refractivity contribution < 1.29 is 4.79 Å². The van der Waals surface area contributed by atoms with Gasteiger partial charge in [-0.1, -0.05) is 23.7 Å². The van der Waals surface area contributed by atoms with Gasteiger partial charge < -0.3 is 4.90 Å². The Morgan fingerprint density at radius 2 is 2.09 bits per heavy atom. The highest BCUT2D eigenvalue weighted by Crippen LogP contribution is 2.16. The lowest BCUT2D eigenvalue weighted by atomic mass is 10.2. The summed E-state index contributed by atoms with van der Waals surface area (Å²) in [4.78, 5) is 15.2. The third-order valence-electron chi connectivity index (χ3n) is 3.27. The summed E-state index contributed by atoms with van der Waals surface area (Å²) in [7, 11) is 1.74. The van der Waals surface area contributed by atoms with Crippen LogP contribution in [-0.4, -0.2) is 38.1 Å². The molecule has 2 aromatic heterocycles. The first kappa shape index (κ1) is 15.6. The number of hydrogen-bond donors (Lipinski definition) is 0. The fourth-order valence-electron chi connectivity index (χ4n) is 2.01. The maximum Gasteiger partial charge on any atom is 0.246 e. The molecule has 1 aromatic carbocycles. The van der Waals surface area contributed by atoms with Crippen molar-refractivity contribution in [2.45, 2.75) is 13.1 Å². The Labute approximate surface area is 142 Å². The molecule has 0 bridgehead atoms.